The van der Waals surface area contributed by atoms with Crippen LogP contribution in [-0.4, -0.2) is 12.1 Å². The van der Waals surface area contributed by atoms with E-state index in [4.69, 9.17) is 4.74 Å². The highest BCUT2D eigenvalue weighted by Gasteiger charge is 2.03. The topological polar surface area (TPSA) is 50.7 Å². The Balaban J connectivity index is 1.51. The smallest absolute Gasteiger partial charge is 0.271 e. The fourth-order valence-electron chi connectivity index (χ4n) is 2.26. The van der Waals surface area contributed by atoms with Crippen LogP contribution in [0.25, 0.3) is 0 Å². The lowest BCUT2D eigenvalue weighted by atomic mass is 10.2. The maximum Gasteiger partial charge on any atom is 0.271 e. The molecule has 3 rings (SSSR count). The molecule has 1 N–H and O–H groups in total. The van der Waals surface area contributed by atoms with Crippen molar-refractivity contribution < 1.29 is 9.53 Å². The summed E-state index contributed by atoms with van der Waals surface area (Å²) in [5, 5.41) is 4.01. The van der Waals surface area contributed by atoms with Crippen molar-refractivity contribution in [3.8, 4) is 5.75 Å². The van der Waals surface area contributed by atoms with Crippen LogP contribution in [0.1, 0.15) is 21.5 Å². The second-order valence-electron chi connectivity index (χ2n) is 5.69. The van der Waals surface area contributed by atoms with Gasteiger partial charge in [-0.3, -0.25) is 4.79 Å². The molecule has 0 heterocycles. The molecule has 0 spiro atoms. The summed E-state index contributed by atoms with van der Waals surface area (Å²) in [6.45, 7) is 0.507. The SMILES string of the molecule is O=C(N/N=C\c1ccc(OCc2ccc(Br)cc2)cc1)c1cccc(I)c1. The van der Waals surface area contributed by atoms with Crippen molar-refractivity contribution >= 4 is 50.6 Å². The van der Waals surface area contributed by atoms with Gasteiger partial charge in [-0.15, -0.1) is 0 Å². The number of carbonyl (C=O) groups is 1. The van der Waals surface area contributed by atoms with Gasteiger partial charge in [0.05, 0.1) is 6.21 Å². The monoisotopic (exact) mass is 534 g/mol. The molecule has 0 saturated heterocycles. The van der Waals surface area contributed by atoms with Gasteiger partial charge >= 0.3 is 0 Å². The molecule has 0 aromatic heterocycles. The summed E-state index contributed by atoms with van der Waals surface area (Å²) in [6.07, 6.45) is 1.60. The predicted octanol–water partition coefficient (Wildman–Crippen LogP) is 5.40. The molecule has 0 radical (unpaired) electrons. The van der Waals surface area contributed by atoms with E-state index in [-0.39, 0.29) is 5.91 Å². The first-order valence-electron chi connectivity index (χ1n) is 8.16. The van der Waals surface area contributed by atoms with E-state index in [1.165, 1.54) is 0 Å². The Morgan fingerprint density at radius 2 is 1.81 bits per heavy atom. The molecule has 0 saturated carbocycles. The van der Waals surface area contributed by atoms with Crippen LogP contribution < -0.4 is 10.2 Å². The Hall–Kier alpha value is -2.19. The van der Waals surface area contributed by atoms with Crippen LogP contribution in [0, 0.1) is 3.57 Å². The number of hydrazone groups is 1. The van der Waals surface area contributed by atoms with Crippen molar-refractivity contribution in [2.45, 2.75) is 6.61 Å². The molecular formula is C21H16BrIN2O2. The number of hydrogen-bond acceptors (Lipinski definition) is 3. The van der Waals surface area contributed by atoms with Gasteiger partial charge < -0.3 is 4.74 Å². The van der Waals surface area contributed by atoms with Gasteiger partial charge in [0.15, 0.2) is 0 Å². The summed E-state index contributed by atoms with van der Waals surface area (Å²) in [6, 6.07) is 22.9. The number of halogens is 2. The van der Waals surface area contributed by atoms with Crippen LogP contribution in [0.15, 0.2) is 82.4 Å². The van der Waals surface area contributed by atoms with Crippen LogP contribution in [0.4, 0.5) is 0 Å². The van der Waals surface area contributed by atoms with Crippen molar-refractivity contribution in [2.24, 2.45) is 5.10 Å². The zero-order valence-electron chi connectivity index (χ0n) is 14.2. The highest BCUT2D eigenvalue weighted by molar-refractivity contribution is 14.1. The van der Waals surface area contributed by atoms with E-state index >= 15 is 0 Å². The number of hydrogen-bond donors (Lipinski definition) is 1. The summed E-state index contributed by atoms with van der Waals surface area (Å²) in [5.41, 5.74) is 5.08. The molecule has 0 aliphatic carbocycles. The third-order valence-electron chi connectivity index (χ3n) is 3.67. The molecule has 27 heavy (non-hydrogen) atoms. The maximum atomic E-state index is 12.0. The first-order chi connectivity index (χ1) is 13.1. The predicted molar refractivity (Wildman–Crippen MR) is 119 cm³/mol. The lowest BCUT2D eigenvalue weighted by Gasteiger charge is -2.06. The zero-order chi connectivity index (χ0) is 19.1. The number of ether oxygens (including phenoxy) is 1. The normalized spacial score (nSPS) is 10.7. The van der Waals surface area contributed by atoms with Crippen LogP contribution in [0.2, 0.25) is 0 Å². The van der Waals surface area contributed by atoms with Gasteiger partial charge in [-0.05, 0) is 88.3 Å². The quantitative estimate of drug-likeness (QED) is 0.261. The number of amides is 1. The van der Waals surface area contributed by atoms with Gasteiger partial charge in [0.25, 0.3) is 5.91 Å². The number of nitrogens with one attached hydrogen (secondary N) is 1. The highest BCUT2D eigenvalue weighted by atomic mass is 127. The van der Waals surface area contributed by atoms with Crippen molar-refractivity contribution in [1.29, 1.82) is 0 Å². The molecule has 136 valence electrons. The molecule has 0 atom stereocenters. The third kappa shape index (κ3) is 6.18. The number of rotatable bonds is 6. The van der Waals surface area contributed by atoms with Crippen LogP contribution in [-0.2, 0) is 6.61 Å². The van der Waals surface area contributed by atoms with Crippen LogP contribution in [0.5, 0.6) is 5.75 Å². The Bertz CT molecular complexity index is 941. The van der Waals surface area contributed by atoms with Crippen molar-refractivity contribution in [3.05, 3.63) is 97.5 Å². The van der Waals surface area contributed by atoms with E-state index in [1.54, 1.807) is 12.3 Å². The molecule has 6 heteroatoms. The molecule has 0 aliphatic heterocycles. The second-order valence-corrected chi connectivity index (χ2v) is 7.85. The molecule has 4 nitrogen and oxygen atoms in total. The Labute approximate surface area is 179 Å². The summed E-state index contributed by atoms with van der Waals surface area (Å²) in [5.74, 6) is 0.539. The van der Waals surface area contributed by atoms with Crippen molar-refractivity contribution in [2.75, 3.05) is 0 Å². The van der Waals surface area contributed by atoms with E-state index < -0.39 is 0 Å². The standard InChI is InChI=1S/C21H16BrIN2O2/c22-18-8-4-16(5-9-18)14-27-20-10-6-15(7-11-20)13-24-25-21(26)17-2-1-3-19(23)12-17/h1-13H,14H2,(H,25,26)/b24-13-. The largest absolute Gasteiger partial charge is 0.489 e. The summed E-state index contributed by atoms with van der Waals surface area (Å²) in [7, 11) is 0. The third-order valence-corrected chi connectivity index (χ3v) is 4.87. The number of benzene rings is 3. The molecule has 0 bridgehead atoms. The van der Waals surface area contributed by atoms with Gasteiger partial charge in [-0.2, -0.15) is 5.10 Å². The number of carbonyl (C=O) groups excluding carboxylic acids is 1. The van der Waals surface area contributed by atoms with Gasteiger partial charge in [-0.25, -0.2) is 5.43 Å². The molecule has 3 aromatic rings. The second kappa shape index (κ2) is 9.66. The molecule has 0 aliphatic rings. The molecule has 1 amide bonds. The fourth-order valence-corrected chi connectivity index (χ4v) is 3.06. The fraction of sp³-hybridized carbons (Fsp3) is 0.0476. The maximum absolute atomic E-state index is 12.0. The first-order valence-corrected chi connectivity index (χ1v) is 10.0. The van der Waals surface area contributed by atoms with Crippen molar-refractivity contribution in [1.82, 2.24) is 5.43 Å². The van der Waals surface area contributed by atoms with Gasteiger partial charge in [0.2, 0.25) is 0 Å². The lowest BCUT2D eigenvalue weighted by Crippen LogP contribution is -2.17. The van der Waals surface area contributed by atoms with Gasteiger partial charge in [0, 0.05) is 13.6 Å². The minimum atomic E-state index is -0.237. The van der Waals surface area contributed by atoms with E-state index in [2.05, 4.69) is 49.0 Å². The minimum absolute atomic E-state index is 0.237. The molecule has 3 aromatic carbocycles. The first kappa shape index (κ1) is 19.6. The molecule has 0 fully saturated rings. The van der Waals surface area contributed by atoms with Gasteiger partial charge in [0.1, 0.15) is 12.4 Å². The Morgan fingerprint density at radius 3 is 2.52 bits per heavy atom. The minimum Gasteiger partial charge on any atom is -0.489 e. The zero-order valence-corrected chi connectivity index (χ0v) is 18.0. The van der Waals surface area contributed by atoms with E-state index in [1.807, 2.05) is 66.7 Å². The van der Waals surface area contributed by atoms with Crippen molar-refractivity contribution in [3.63, 3.8) is 0 Å². The van der Waals surface area contributed by atoms with E-state index in [0.717, 1.165) is 24.9 Å². The summed E-state index contributed by atoms with van der Waals surface area (Å²) >= 11 is 5.58. The van der Waals surface area contributed by atoms with E-state index in [0.29, 0.717) is 12.2 Å². The highest BCUT2D eigenvalue weighted by Crippen LogP contribution is 2.15. The van der Waals surface area contributed by atoms with E-state index in [9.17, 15) is 4.79 Å². The summed E-state index contributed by atoms with van der Waals surface area (Å²) < 4.78 is 7.82. The Kier molecular flexibility index (Phi) is 7.00. The van der Waals surface area contributed by atoms with Crippen LogP contribution >= 0.6 is 38.5 Å². The summed E-state index contributed by atoms with van der Waals surface area (Å²) in [4.78, 5) is 12.0. The average molecular weight is 535 g/mol. The molecular weight excluding hydrogens is 519 g/mol. The van der Waals surface area contributed by atoms with Crippen LogP contribution in [0.3, 0.4) is 0 Å². The van der Waals surface area contributed by atoms with Gasteiger partial charge in [-0.1, -0.05) is 34.1 Å². The Morgan fingerprint density at radius 1 is 1.07 bits per heavy atom. The number of nitrogens with zero attached hydrogens (tertiary/aromatic N) is 1. The molecule has 0 unspecified atom stereocenters. The lowest BCUT2D eigenvalue weighted by molar-refractivity contribution is 0.0955. The average Bonchev–Trinajstić information content (AvgIpc) is 2.68.